The minimum atomic E-state index is 0.0378. The van der Waals surface area contributed by atoms with Gasteiger partial charge in [-0.25, -0.2) is 0 Å². The summed E-state index contributed by atoms with van der Waals surface area (Å²) in [6.45, 7) is 13.7. The molecule has 3 heteroatoms. The Morgan fingerprint density at radius 3 is 1.12 bits per heavy atom. The molecule has 0 atom stereocenters. The predicted molar refractivity (Wildman–Crippen MR) is 280 cm³/mol. The van der Waals surface area contributed by atoms with E-state index in [0.717, 1.165) is 50.8 Å². The van der Waals surface area contributed by atoms with Gasteiger partial charge in [0.2, 0.25) is 0 Å². The topological polar surface area (TPSA) is 11.4 Å². The molecule has 0 saturated heterocycles. The van der Waals surface area contributed by atoms with Crippen LogP contribution in [-0.4, -0.2) is 4.57 Å². The highest BCUT2D eigenvalue weighted by Gasteiger charge is 2.26. The second-order valence-electron chi connectivity index (χ2n) is 19.5. The van der Waals surface area contributed by atoms with Crippen LogP contribution in [0.4, 0.5) is 34.1 Å². The van der Waals surface area contributed by atoms with Crippen molar-refractivity contribution in [3.8, 4) is 5.69 Å². The van der Waals surface area contributed by atoms with Crippen LogP contribution in [0, 0.1) is 0 Å². The van der Waals surface area contributed by atoms with Crippen molar-refractivity contribution in [1.29, 1.82) is 0 Å². The summed E-state index contributed by atoms with van der Waals surface area (Å²) in [5, 5.41) is 9.73. The normalized spacial score (nSPS) is 12.2. The van der Waals surface area contributed by atoms with E-state index < -0.39 is 0 Å². The lowest BCUT2D eigenvalue weighted by Crippen LogP contribution is -2.13. The highest BCUT2D eigenvalue weighted by molar-refractivity contribution is 6.32. The number of anilines is 6. The lowest BCUT2D eigenvalue weighted by Gasteiger charge is -2.28. The summed E-state index contributed by atoms with van der Waals surface area (Å²) in [5.41, 5.74) is 12.8. The quantitative estimate of drug-likeness (QED) is 0.158. The van der Waals surface area contributed by atoms with E-state index in [1.54, 1.807) is 0 Å². The Balaban J connectivity index is 1.28. The summed E-state index contributed by atoms with van der Waals surface area (Å²) in [7, 11) is 0. The number of rotatable bonds is 7. The fourth-order valence-electron chi connectivity index (χ4n) is 9.89. The second kappa shape index (κ2) is 15.6. The van der Waals surface area contributed by atoms with E-state index in [4.69, 9.17) is 0 Å². The van der Waals surface area contributed by atoms with Gasteiger partial charge < -0.3 is 14.4 Å². The Hall–Kier alpha value is -7.62. The summed E-state index contributed by atoms with van der Waals surface area (Å²) >= 11 is 0. The first-order valence-corrected chi connectivity index (χ1v) is 22.9. The molecular formula is C62H53N3. The van der Waals surface area contributed by atoms with Gasteiger partial charge in [0, 0.05) is 50.0 Å². The average molecular weight is 840 g/mol. The smallest absolute Gasteiger partial charge is 0.0568 e. The third kappa shape index (κ3) is 7.00. The van der Waals surface area contributed by atoms with Gasteiger partial charge in [-0.3, -0.25) is 0 Å². The van der Waals surface area contributed by atoms with Crippen molar-refractivity contribution < 1.29 is 0 Å². The van der Waals surface area contributed by atoms with Crippen LogP contribution in [0.2, 0.25) is 0 Å². The van der Waals surface area contributed by atoms with Gasteiger partial charge in [-0.15, -0.1) is 0 Å². The van der Waals surface area contributed by atoms with Crippen LogP contribution in [0.5, 0.6) is 0 Å². The van der Waals surface area contributed by atoms with Crippen LogP contribution in [0.15, 0.2) is 212 Å². The molecule has 11 aromatic rings. The summed E-state index contributed by atoms with van der Waals surface area (Å²) in [6.07, 6.45) is 0. The molecule has 0 unspecified atom stereocenters. The lowest BCUT2D eigenvalue weighted by atomic mass is 9.87. The number of nitrogens with zero attached hydrogens (tertiary/aromatic N) is 3. The van der Waals surface area contributed by atoms with Crippen LogP contribution in [-0.2, 0) is 10.8 Å². The number of fused-ring (bicyclic) bond motifs is 8. The molecule has 0 bridgehead atoms. The Morgan fingerprint density at radius 2 is 0.692 bits per heavy atom. The van der Waals surface area contributed by atoms with E-state index in [1.165, 1.54) is 54.2 Å². The van der Waals surface area contributed by atoms with Crippen LogP contribution < -0.4 is 9.80 Å². The second-order valence-corrected chi connectivity index (χ2v) is 19.5. The molecule has 1 aromatic heterocycles. The Labute approximate surface area is 382 Å². The molecule has 0 N–H and O–H groups in total. The first-order valence-electron chi connectivity index (χ1n) is 22.9. The number of benzene rings is 10. The molecule has 0 aliphatic heterocycles. The summed E-state index contributed by atoms with van der Waals surface area (Å²) in [5.74, 6) is 0. The van der Waals surface area contributed by atoms with Gasteiger partial charge in [-0.1, -0.05) is 181 Å². The fraction of sp³-hybridized carbons (Fsp3) is 0.129. The van der Waals surface area contributed by atoms with Crippen LogP contribution in [0.1, 0.15) is 52.7 Å². The molecule has 0 aliphatic rings. The Morgan fingerprint density at radius 1 is 0.323 bits per heavy atom. The largest absolute Gasteiger partial charge is 0.310 e. The Kier molecular flexibility index (Phi) is 9.62. The molecule has 0 amide bonds. The molecule has 10 aromatic carbocycles. The molecule has 3 nitrogen and oxygen atoms in total. The molecule has 0 saturated carbocycles. The van der Waals surface area contributed by atoms with Gasteiger partial charge in [0.05, 0.1) is 22.4 Å². The van der Waals surface area contributed by atoms with Crippen molar-refractivity contribution in [2.45, 2.75) is 52.4 Å². The molecule has 0 spiro atoms. The molecular weight excluding hydrogens is 787 g/mol. The van der Waals surface area contributed by atoms with Crippen molar-refractivity contribution in [3.05, 3.63) is 223 Å². The maximum absolute atomic E-state index is 2.53. The summed E-state index contributed by atoms with van der Waals surface area (Å²) in [4.78, 5) is 4.89. The molecule has 1 heterocycles. The van der Waals surface area contributed by atoms with Gasteiger partial charge in [0.25, 0.3) is 0 Å². The highest BCUT2D eigenvalue weighted by Crippen LogP contribution is 2.50. The van der Waals surface area contributed by atoms with E-state index in [1.807, 2.05) is 0 Å². The van der Waals surface area contributed by atoms with E-state index in [-0.39, 0.29) is 10.8 Å². The lowest BCUT2D eigenvalue weighted by molar-refractivity contribution is 0.590. The number of para-hydroxylation sites is 2. The number of aromatic nitrogens is 1. The van der Waals surface area contributed by atoms with Crippen molar-refractivity contribution in [2.24, 2.45) is 0 Å². The SMILES string of the molecule is CC(C)(C)c1ccc(N(c2ccccc2)c2cc3c(c4ccccc24)c2c4ccccc4c(N(c4ccccc4)c4ccc(C(C)(C)C)cc4)cc2n3-c2ccc3ccccc3c2)cc1. The third-order valence-electron chi connectivity index (χ3n) is 13.2. The predicted octanol–water partition coefficient (Wildman–Crippen LogP) is 17.8. The summed E-state index contributed by atoms with van der Waals surface area (Å²) < 4.78 is 2.53. The van der Waals surface area contributed by atoms with Gasteiger partial charge in [-0.05, 0) is 116 Å². The molecule has 316 valence electrons. The minimum Gasteiger partial charge on any atom is -0.310 e. The van der Waals surface area contributed by atoms with Crippen molar-refractivity contribution in [2.75, 3.05) is 9.80 Å². The molecule has 0 fully saturated rings. The number of hydrogen-bond donors (Lipinski definition) is 0. The van der Waals surface area contributed by atoms with Gasteiger partial charge in [0.15, 0.2) is 0 Å². The van der Waals surface area contributed by atoms with E-state index in [0.29, 0.717) is 0 Å². The van der Waals surface area contributed by atoms with Crippen molar-refractivity contribution in [3.63, 3.8) is 0 Å². The maximum Gasteiger partial charge on any atom is 0.0568 e. The van der Waals surface area contributed by atoms with E-state index in [9.17, 15) is 0 Å². The van der Waals surface area contributed by atoms with Crippen molar-refractivity contribution in [1.82, 2.24) is 4.57 Å². The fourth-order valence-corrected chi connectivity index (χ4v) is 9.89. The monoisotopic (exact) mass is 839 g/mol. The molecule has 0 aliphatic carbocycles. The Bertz CT molecular complexity index is 3340. The van der Waals surface area contributed by atoms with Crippen molar-refractivity contribution >= 4 is 88.2 Å². The van der Waals surface area contributed by atoms with Gasteiger partial charge in [0.1, 0.15) is 0 Å². The highest BCUT2D eigenvalue weighted by atomic mass is 15.2. The zero-order valence-corrected chi connectivity index (χ0v) is 38.0. The molecule has 0 radical (unpaired) electrons. The van der Waals surface area contributed by atoms with E-state index in [2.05, 4.69) is 268 Å². The van der Waals surface area contributed by atoms with Gasteiger partial charge in [-0.2, -0.15) is 0 Å². The zero-order chi connectivity index (χ0) is 44.5. The zero-order valence-electron chi connectivity index (χ0n) is 38.0. The van der Waals surface area contributed by atoms with Crippen LogP contribution in [0.25, 0.3) is 59.8 Å². The molecule has 65 heavy (non-hydrogen) atoms. The minimum absolute atomic E-state index is 0.0378. The van der Waals surface area contributed by atoms with Gasteiger partial charge >= 0.3 is 0 Å². The average Bonchev–Trinajstić information content (AvgIpc) is 3.66. The summed E-state index contributed by atoms with van der Waals surface area (Å²) in [6, 6.07) is 78.5. The van der Waals surface area contributed by atoms with E-state index >= 15 is 0 Å². The standard InChI is InChI=1S/C62H53N3/c1-61(2,3)44-30-35-48(36-31-44)63(46-21-9-7-10-22-46)55-40-57-59(53-27-17-15-25-51(53)55)60-54-28-18-16-26-52(54)56(41-58(60)65(57)50-34-29-42-19-13-14-20-43(42)39-50)64(47-23-11-8-12-24-47)49-37-32-45(33-38-49)62(4,5)6/h7-41H,1-6H3. The number of hydrogen-bond acceptors (Lipinski definition) is 2. The maximum atomic E-state index is 2.53. The van der Waals surface area contributed by atoms with Crippen LogP contribution in [0.3, 0.4) is 0 Å². The first-order chi connectivity index (χ1) is 31.5. The first kappa shape index (κ1) is 40.2. The van der Waals surface area contributed by atoms with Crippen LogP contribution >= 0.6 is 0 Å². The molecule has 11 rings (SSSR count). The third-order valence-corrected chi connectivity index (χ3v) is 13.2.